The van der Waals surface area contributed by atoms with Crippen LogP contribution in [0.4, 0.5) is 10.5 Å². The van der Waals surface area contributed by atoms with Crippen LogP contribution in [-0.2, 0) is 0 Å². The van der Waals surface area contributed by atoms with Crippen LogP contribution in [0.3, 0.4) is 0 Å². The van der Waals surface area contributed by atoms with Gasteiger partial charge in [0.25, 0.3) is 11.6 Å². The summed E-state index contributed by atoms with van der Waals surface area (Å²) in [7, 11) is 1.76. The number of likely N-dealkylation sites (N-methyl/N-ethyl adjacent to an activating group) is 1. The van der Waals surface area contributed by atoms with Gasteiger partial charge in [0.05, 0.1) is 10.5 Å². The number of nitrogens with zero attached hydrogens (tertiary/aromatic N) is 4. The van der Waals surface area contributed by atoms with E-state index in [2.05, 4.69) is 10.2 Å². The molecule has 3 amide bonds. The first-order valence-corrected chi connectivity index (χ1v) is 14.6. The molecule has 0 saturated carbocycles. The molecule has 2 saturated heterocycles. The number of non-ortho nitro benzene ring substituents is 1. The number of benzene rings is 3. The highest BCUT2D eigenvalue weighted by molar-refractivity contribution is 6.30. The van der Waals surface area contributed by atoms with Crippen LogP contribution < -0.4 is 5.32 Å². The van der Waals surface area contributed by atoms with E-state index >= 15 is 0 Å². The monoisotopic (exact) mass is 577 g/mol. The summed E-state index contributed by atoms with van der Waals surface area (Å²) < 4.78 is 0. The minimum Gasteiger partial charge on any atom is -0.341 e. The first-order chi connectivity index (χ1) is 19.8. The van der Waals surface area contributed by atoms with E-state index in [-0.39, 0.29) is 29.6 Å². The summed E-state index contributed by atoms with van der Waals surface area (Å²) in [6.45, 7) is 4.77. The Kier molecular flexibility index (Phi) is 9.05. The minimum atomic E-state index is -0.458. The van der Waals surface area contributed by atoms with Gasteiger partial charge in [-0.25, -0.2) is 4.79 Å². The highest BCUT2D eigenvalue weighted by atomic mass is 35.5. The number of amides is 3. The number of hydrogen-bond donors (Lipinski definition) is 1. The van der Waals surface area contributed by atoms with Crippen LogP contribution in [0.5, 0.6) is 0 Å². The van der Waals surface area contributed by atoms with Crippen LogP contribution in [0.15, 0.2) is 60.7 Å². The Labute approximate surface area is 245 Å². The van der Waals surface area contributed by atoms with Gasteiger partial charge >= 0.3 is 6.03 Å². The standard InChI is InChI=1S/C31H36ClN5O4/c1-34(30(38)29-20-27(37(40)41)19-23-5-2-3-6-28(23)29)21-24(22-7-9-25(32)10-8-22)11-16-35-17-12-26(13-18-35)36-15-4-14-33-31(36)39/h2-3,5-10,19-20,24,26H,4,11-18,21H2,1H3,(H,33,39). The molecule has 0 bridgehead atoms. The van der Waals surface area contributed by atoms with Gasteiger partial charge in [-0.15, -0.1) is 0 Å². The average Bonchev–Trinajstić information content (AvgIpc) is 2.99. The highest BCUT2D eigenvalue weighted by Crippen LogP contribution is 2.29. The van der Waals surface area contributed by atoms with Crippen molar-refractivity contribution in [1.82, 2.24) is 20.0 Å². The molecule has 2 aliphatic heterocycles. The molecule has 2 fully saturated rings. The molecule has 2 heterocycles. The van der Waals surface area contributed by atoms with E-state index in [1.807, 2.05) is 47.4 Å². The number of piperidine rings is 1. The third-order valence-electron chi connectivity index (χ3n) is 8.37. The second kappa shape index (κ2) is 12.9. The summed E-state index contributed by atoms with van der Waals surface area (Å²) in [5, 5.41) is 16.6. The molecule has 2 aliphatic rings. The highest BCUT2D eigenvalue weighted by Gasteiger charge is 2.30. The fourth-order valence-corrected chi connectivity index (χ4v) is 6.21. The van der Waals surface area contributed by atoms with Gasteiger partial charge in [-0.1, -0.05) is 48.0 Å². The number of rotatable bonds is 9. The molecule has 0 radical (unpaired) electrons. The third-order valence-corrected chi connectivity index (χ3v) is 8.63. The van der Waals surface area contributed by atoms with Crippen molar-refractivity contribution in [3.05, 3.63) is 86.9 Å². The summed E-state index contributed by atoms with van der Waals surface area (Å²) in [5.41, 5.74) is 1.33. The molecule has 1 unspecified atom stereocenters. The van der Waals surface area contributed by atoms with Crippen molar-refractivity contribution in [3.63, 3.8) is 0 Å². The van der Waals surface area contributed by atoms with Crippen LogP contribution in [0.25, 0.3) is 10.8 Å². The zero-order chi connectivity index (χ0) is 28.9. The maximum absolute atomic E-state index is 13.7. The van der Waals surface area contributed by atoms with Crippen molar-refractivity contribution in [2.24, 2.45) is 0 Å². The molecule has 1 N–H and O–H groups in total. The predicted molar refractivity (Wildman–Crippen MR) is 161 cm³/mol. The van der Waals surface area contributed by atoms with E-state index in [9.17, 15) is 19.7 Å². The normalized spacial score (nSPS) is 17.3. The van der Waals surface area contributed by atoms with Gasteiger partial charge < -0.3 is 20.0 Å². The number of fused-ring (bicyclic) bond motifs is 1. The molecule has 10 heteroatoms. The Morgan fingerprint density at radius 1 is 1.12 bits per heavy atom. The number of likely N-dealkylation sites (tertiary alicyclic amines) is 1. The SMILES string of the molecule is CN(CC(CCN1CCC(N2CCCNC2=O)CC1)c1ccc(Cl)cc1)C(=O)c1cc([N+](=O)[O-])cc2ccccc12. The Balaban J connectivity index is 1.28. The first-order valence-electron chi connectivity index (χ1n) is 14.2. The molecule has 0 aliphatic carbocycles. The average molecular weight is 578 g/mol. The topological polar surface area (TPSA) is 99.0 Å². The van der Waals surface area contributed by atoms with Crippen LogP contribution in [0, 0.1) is 10.1 Å². The van der Waals surface area contributed by atoms with E-state index in [4.69, 9.17) is 11.6 Å². The Morgan fingerprint density at radius 3 is 2.56 bits per heavy atom. The minimum absolute atomic E-state index is 0.0526. The van der Waals surface area contributed by atoms with Gasteiger partial charge in [-0.3, -0.25) is 14.9 Å². The fraction of sp³-hybridized carbons (Fsp3) is 0.419. The zero-order valence-corrected chi connectivity index (χ0v) is 24.1. The number of carbonyl (C=O) groups is 2. The van der Waals surface area contributed by atoms with Crippen molar-refractivity contribution in [2.45, 2.75) is 37.6 Å². The molecule has 0 spiro atoms. The van der Waals surface area contributed by atoms with E-state index in [1.165, 1.54) is 12.1 Å². The second-order valence-corrected chi connectivity index (χ2v) is 11.5. The molecule has 9 nitrogen and oxygen atoms in total. The smallest absolute Gasteiger partial charge is 0.317 e. The number of urea groups is 1. The summed E-state index contributed by atoms with van der Waals surface area (Å²) in [5.74, 6) is -0.193. The van der Waals surface area contributed by atoms with Crippen LogP contribution in [0.1, 0.15) is 47.5 Å². The summed E-state index contributed by atoms with van der Waals surface area (Å²) in [4.78, 5) is 43.2. The van der Waals surface area contributed by atoms with Crippen molar-refractivity contribution in [1.29, 1.82) is 0 Å². The van der Waals surface area contributed by atoms with Crippen LogP contribution in [0.2, 0.25) is 5.02 Å². The van der Waals surface area contributed by atoms with Gasteiger partial charge in [0.1, 0.15) is 0 Å². The van der Waals surface area contributed by atoms with Crippen molar-refractivity contribution < 1.29 is 14.5 Å². The number of carbonyl (C=O) groups excluding carboxylic acids is 2. The quantitative estimate of drug-likeness (QED) is 0.266. The van der Waals surface area contributed by atoms with E-state index in [1.54, 1.807) is 18.0 Å². The largest absolute Gasteiger partial charge is 0.341 e. The Morgan fingerprint density at radius 2 is 1.85 bits per heavy atom. The zero-order valence-electron chi connectivity index (χ0n) is 23.3. The van der Waals surface area contributed by atoms with Gasteiger partial charge in [0, 0.05) is 68.9 Å². The molecule has 1 atom stereocenters. The lowest BCUT2D eigenvalue weighted by Crippen LogP contribution is -2.54. The number of halogens is 1. The molecular weight excluding hydrogens is 542 g/mol. The first kappa shape index (κ1) is 28.8. The fourth-order valence-electron chi connectivity index (χ4n) is 6.08. The molecular formula is C31H36ClN5O4. The van der Waals surface area contributed by atoms with Crippen molar-refractivity contribution in [3.8, 4) is 0 Å². The molecule has 216 valence electrons. The molecule has 0 aromatic heterocycles. The van der Waals surface area contributed by atoms with Crippen molar-refractivity contribution in [2.75, 3.05) is 46.3 Å². The lowest BCUT2D eigenvalue weighted by atomic mass is 9.93. The molecule has 41 heavy (non-hydrogen) atoms. The van der Waals surface area contributed by atoms with Crippen LogP contribution >= 0.6 is 11.6 Å². The molecule has 5 rings (SSSR count). The number of nitro benzene ring substituents is 1. The van der Waals surface area contributed by atoms with Gasteiger partial charge in [0.2, 0.25) is 0 Å². The maximum atomic E-state index is 13.7. The Bertz CT molecular complexity index is 1410. The molecule has 3 aromatic rings. The number of nitrogens with one attached hydrogen (secondary N) is 1. The summed E-state index contributed by atoms with van der Waals surface area (Å²) >= 11 is 6.18. The summed E-state index contributed by atoms with van der Waals surface area (Å²) in [6.07, 6.45) is 3.74. The van der Waals surface area contributed by atoms with Crippen LogP contribution in [-0.4, -0.2) is 83.9 Å². The van der Waals surface area contributed by atoms with Crippen molar-refractivity contribution >= 4 is 40.0 Å². The Hall–Kier alpha value is -3.69. The third kappa shape index (κ3) is 6.80. The van der Waals surface area contributed by atoms with Gasteiger partial charge in [-0.05, 0) is 60.7 Å². The number of hydrogen-bond acceptors (Lipinski definition) is 5. The lowest BCUT2D eigenvalue weighted by molar-refractivity contribution is -0.384. The second-order valence-electron chi connectivity index (χ2n) is 11.0. The predicted octanol–water partition coefficient (Wildman–Crippen LogP) is 5.53. The van der Waals surface area contributed by atoms with Gasteiger partial charge in [0.15, 0.2) is 0 Å². The van der Waals surface area contributed by atoms with E-state index < -0.39 is 4.92 Å². The van der Waals surface area contributed by atoms with E-state index in [0.717, 1.165) is 64.0 Å². The van der Waals surface area contributed by atoms with Gasteiger partial charge in [-0.2, -0.15) is 0 Å². The van der Waals surface area contributed by atoms with E-state index in [0.29, 0.717) is 27.9 Å². The maximum Gasteiger partial charge on any atom is 0.317 e. The molecule has 3 aromatic carbocycles. The number of nitro groups is 1. The summed E-state index contributed by atoms with van der Waals surface area (Å²) in [6, 6.07) is 18.2. The lowest BCUT2D eigenvalue weighted by Gasteiger charge is -2.40.